The lowest BCUT2D eigenvalue weighted by molar-refractivity contribution is 1.03. The Labute approximate surface area is 281 Å². The van der Waals surface area contributed by atoms with E-state index in [-0.39, 0.29) is 0 Å². The van der Waals surface area contributed by atoms with Crippen molar-refractivity contribution in [3.05, 3.63) is 158 Å². The van der Waals surface area contributed by atoms with Gasteiger partial charge in [0.1, 0.15) is 0 Å². The highest BCUT2D eigenvalue weighted by Gasteiger charge is 2.32. The Morgan fingerprint density at radius 3 is 1.69 bits per heavy atom. The van der Waals surface area contributed by atoms with E-state index in [1.54, 1.807) is 0 Å². The van der Waals surface area contributed by atoms with E-state index in [0.29, 0.717) is 17.6 Å². The van der Waals surface area contributed by atoms with Crippen LogP contribution in [0.15, 0.2) is 158 Å². The van der Waals surface area contributed by atoms with Crippen molar-refractivity contribution in [1.82, 2.24) is 15.0 Å². The van der Waals surface area contributed by atoms with Crippen LogP contribution < -0.4 is 4.90 Å². The molecular formula is C43H26N4S. The number of hydrogen-bond acceptors (Lipinski definition) is 5. The lowest BCUT2D eigenvalue weighted by Gasteiger charge is -2.33. The van der Waals surface area contributed by atoms with Gasteiger partial charge in [0.2, 0.25) is 5.95 Å². The average molecular weight is 631 g/mol. The molecule has 0 atom stereocenters. The van der Waals surface area contributed by atoms with Crippen LogP contribution in [0.5, 0.6) is 0 Å². The predicted molar refractivity (Wildman–Crippen MR) is 200 cm³/mol. The molecule has 9 aromatic rings. The van der Waals surface area contributed by atoms with Gasteiger partial charge in [0.15, 0.2) is 11.6 Å². The van der Waals surface area contributed by atoms with Crippen molar-refractivity contribution in [2.24, 2.45) is 0 Å². The van der Waals surface area contributed by atoms with Crippen molar-refractivity contribution >= 4 is 59.6 Å². The second kappa shape index (κ2) is 10.7. The predicted octanol–water partition coefficient (Wildman–Crippen LogP) is 11.8. The monoisotopic (exact) mass is 630 g/mol. The van der Waals surface area contributed by atoms with Crippen molar-refractivity contribution < 1.29 is 0 Å². The molecule has 0 saturated carbocycles. The molecule has 5 heteroatoms. The third-order valence-electron chi connectivity index (χ3n) is 9.26. The van der Waals surface area contributed by atoms with Gasteiger partial charge in [0, 0.05) is 42.2 Å². The van der Waals surface area contributed by atoms with Gasteiger partial charge in [0.25, 0.3) is 0 Å². The van der Waals surface area contributed by atoms with Crippen molar-refractivity contribution in [3.63, 3.8) is 0 Å². The van der Waals surface area contributed by atoms with Crippen molar-refractivity contribution in [3.8, 4) is 45.0 Å². The van der Waals surface area contributed by atoms with Gasteiger partial charge in [-0.05, 0) is 40.3 Å². The first-order chi connectivity index (χ1) is 23.8. The maximum absolute atomic E-state index is 5.27. The summed E-state index contributed by atoms with van der Waals surface area (Å²) in [5.74, 6) is 1.87. The molecule has 1 aliphatic heterocycles. The average Bonchev–Trinajstić information content (AvgIpc) is 3.55. The van der Waals surface area contributed by atoms with Gasteiger partial charge < -0.3 is 0 Å². The standard InChI is InChI=1S/C43H26N4S/c1-4-13-27(14-5-1)30-23-24-32-33-25-26-37-39(34-19-10-11-22-36(34)48-37)40(33)47(35-21-12-20-31(30)38(32)35)43-45-41(28-15-6-2-7-16-28)44-42(46-43)29-17-8-3-9-18-29/h1-26H. The van der Waals surface area contributed by atoms with Gasteiger partial charge in [-0.3, -0.25) is 4.90 Å². The summed E-state index contributed by atoms with van der Waals surface area (Å²) in [4.78, 5) is 17.9. The minimum Gasteiger partial charge on any atom is -0.277 e. The lowest BCUT2D eigenvalue weighted by atomic mass is 9.86. The summed E-state index contributed by atoms with van der Waals surface area (Å²) in [7, 11) is 0. The number of thiophene rings is 1. The van der Waals surface area contributed by atoms with Gasteiger partial charge in [-0.2, -0.15) is 9.97 Å². The number of benzene rings is 7. The Kier molecular flexibility index (Phi) is 6.01. The van der Waals surface area contributed by atoms with E-state index in [9.17, 15) is 0 Å². The van der Waals surface area contributed by atoms with Crippen molar-refractivity contribution in [1.29, 1.82) is 0 Å². The zero-order valence-electron chi connectivity index (χ0n) is 25.7. The molecule has 0 amide bonds. The molecule has 2 aromatic heterocycles. The maximum Gasteiger partial charge on any atom is 0.238 e. The molecule has 0 saturated heterocycles. The van der Waals surface area contributed by atoms with Crippen LogP contribution in [-0.2, 0) is 0 Å². The van der Waals surface area contributed by atoms with Gasteiger partial charge in [-0.25, -0.2) is 4.98 Å². The van der Waals surface area contributed by atoms with Crippen molar-refractivity contribution in [2.75, 3.05) is 4.90 Å². The minimum atomic E-state index is 0.593. The number of aromatic nitrogens is 3. The molecule has 0 fully saturated rings. The van der Waals surface area contributed by atoms with Crippen LogP contribution in [0.25, 0.3) is 76.0 Å². The summed E-state index contributed by atoms with van der Waals surface area (Å²) in [5, 5.41) is 4.83. The smallest absolute Gasteiger partial charge is 0.238 e. The topological polar surface area (TPSA) is 41.9 Å². The first kappa shape index (κ1) is 27.0. The highest BCUT2D eigenvalue weighted by Crippen LogP contribution is 2.56. The molecule has 0 spiro atoms. The maximum atomic E-state index is 5.27. The van der Waals surface area contributed by atoms with E-state index in [1.807, 2.05) is 47.7 Å². The lowest BCUT2D eigenvalue weighted by Crippen LogP contribution is -2.19. The molecule has 224 valence electrons. The van der Waals surface area contributed by atoms with Crippen LogP contribution in [0.4, 0.5) is 17.3 Å². The molecule has 0 radical (unpaired) electrons. The van der Waals surface area contributed by atoms with Gasteiger partial charge >= 0.3 is 0 Å². The third kappa shape index (κ3) is 4.11. The summed E-state index contributed by atoms with van der Waals surface area (Å²) in [6.45, 7) is 0. The van der Waals surface area contributed by atoms with Crippen LogP contribution in [0, 0.1) is 0 Å². The van der Waals surface area contributed by atoms with Crippen LogP contribution >= 0.6 is 11.3 Å². The molecular weight excluding hydrogens is 605 g/mol. The Morgan fingerprint density at radius 1 is 0.396 bits per heavy atom. The fourth-order valence-corrected chi connectivity index (χ4v) is 8.25. The molecule has 1 aliphatic rings. The summed E-state index contributed by atoms with van der Waals surface area (Å²) >= 11 is 1.83. The third-order valence-corrected chi connectivity index (χ3v) is 10.4. The number of rotatable bonds is 4. The Hall–Kier alpha value is -6.17. The Balaban J connectivity index is 1.35. The molecule has 0 N–H and O–H groups in total. The molecule has 48 heavy (non-hydrogen) atoms. The van der Waals surface area contributed by atoms with E-state index in [0.717, 1.165) is 28.1 Å². The quantitative estimate of drug-likeness (QED) is 0.194. The zero-order chi connectivity index (χ0) is 31.6. The molecule has 10 rings (SSSR count). The number of hydrogen-bond donors (Lipinski definition) is 0. The minimum absolute atomic E-state index is 0.593. The molecule has 7 aromatic carbocycles. The van der Waals surface area contributed by atoms with E-state index >= 15 is 0 Å². The van der Waals surface area contributed by atoms with Gasteiger partial charge in [-0.1, -0.05) is 140 Å². The van der Waals surface area contributed by atoms with E-state index in [4.69, 9.17) is 15.0 Å². The molecule has 0 bridgehead atoms. The fourth-order valence-electron chi connectivity index (χ4n) is 7.14. The van der Waals surface area contributed by atoms with Crippen LogP contribution in [0.2, 0.25) is 0 Å². The second-order valence-electron chi connectivity index (χ2n) is 12.0. The summed E-state index contributed by atoms with van der Waals surface area (Å²) in [6, 6.07) is 55.5. The first-order valence-electron chi connectivity index (χ1n) is 16.0. The van der Waals surface area contributed by atoms with E-state index in [2.05, 4.69) is 126 Å². The summed E-state index contributed by atoms with van der Waals surface area (Å²) in [6.07, 6.45) is 0. The molecule has 4 nitrogen and oxygen atoms in total. The number of anilines is 3. The fraction of sp³-hybridized carbons (Fsp3) is 0. The highest BCUT2D eigenvalue weighted by molar-refractivity contribution is 7.26. The van der Waals surface area contributed by atoms with Crippen LogP contribution in [0.1, 0.15) is 0 Å². The number of fused-ring (bicyclic) bond motifs is 6. The SMILES string of the molecule is c1ccc(-c2nc(-c3ccccc3)nc(N3c4cccc5c(-c6ccccc6)ccc(c45)-c4ccc5sc6ccccc6c5c43)n2)cc1. The highest BCUT2D eigenvalue weighted by atomic mass is 32.1. The van der Waals surface area contributed by atoms with E-state index in [1.165, 1.54) is 47.6 Å². The Bertz CT molecular complexity index is 2610. The normalized spacial score (nSPS) is 12.1. The second-order valence-corrected chi connectivity index (χ2v) is 13.1. The summed E-state index contributed by atoms with van der Waals surface area (Å²) in [5.41, 5.74) is 8.81. The Morgan fingerprint density at radius 2 is 0.979 bits per heavy atom. The van der Waals surface area contributed by atoms with Crippen LogP contribution in [-0.4, -0.2) is 15.0 Å². The van der Waals surface area contributed by atoms with E-state index < -0.39 is 0 Å². The van der Waals surface area contributed by atoms with Gasteiger partial charge in [0.05, 0.1) is 11.4 Å². The molecule has 3 heterocycles. The van der Waals surface area contributed by atoms with Crippen LogP contribution in [0.3, 0.4) is 0 Å². The molecule has 0 unspecified atom stereocenters. The summed E-state index contributed by atoms with van der Waals surface area (Å²) < 4.78 is 2.49. The molecule has 0 aliphatic carbocycles. The van der Waals surface area contributed by atoms with Crippen molar-refractivity contribution in [2.45, 2.75) is 0 Å². The largest absolute Gasteiger partial charge is 0.277 e. The number of nitrogens with zero attached hydrogens (tertiary/aromatic N) is 4. The zero-order valence-corrected chi connectivity index (χ0v) is 26.5. The first-order valence-corrected chi connectivity index (χ1v) is 16.9. The van der Waals surface area contributed by atoms with Gasteiger partial charge in [-0.15, -0.1) is 11.3 Å².